The maximum absolute atomic E-state index is 14.5. The lowest BCUT2D eigenvalue weighted by Gasteiger charge is -2.30. The molecule has 3 aromatic rings. The lowest BCUT2D eigenvalue weighted by molar-refractivity contribution is -0.138. The topological polar surface area (TPSA) is 78.5 Å². The van der Waals surface area contributed by atoms with Crippen LogP contribution in [0.2, 0.25) is 5.02 Å². The van der Waals surface area contributed by atoms with Crippen molar-refractivity contribution in [1.29, 1.82) is 0 Å². The fourth-order valence-electron chi connectivity index (χ4n) is 4.95. The molecule has 4 rings (SSSR count). The summed E-state index contributed by atoms with van der Waals surface area (Å²) < 4.78 is 82.9. The summed E-state index contributed by atoms with van der Waals surface area (Å²) in [5.74, 6) is -5.98. The lowest BCUT2D eigenvalue weighted by Crippen LogP contribution is -2.55. The molecule has 2 unspecified atom stereocenters. The number of hydrogen-bond donors (Lipinski definition) is 2. The van der Waals surface area contributed by atoms with Crippen molar-refractivity contribution in [3.63, 3.8) is 0 Å². The fraction of sp³-hybridized carbons (Fsp3) is 0.300. The highest BCUT2D eigenvalue weighted by atomic mass is 35.5. The number of rotatable bonds is 7. The highest BCUT2D eigenvalue weighted by Gasteiger charge is 2.38. The van der Waals surface area contributed by atoms with Crippen molar-refractivity contribution in [2.45, 2.75) is 57.4 Å². The number of anilines is 1. The number of alkyl halides is 3. The Morgan fingerprint density at radius 1 is 1.00 bits per heavy atom. The predicted molar refractivity (Wildman–Crippen MR) is 147 cm³/mol. The van der Waals surface area contributed by atoms with Gasteiger partial charge >= 0.3 is 6.18 Å². The standard InChI is InChI=1S/C30H26ClF6N3O3/c1-15(2)40-26-10-4-18(31)11-16(26)3-9-24(29(40)43)38-28(42)25(13-17-12-19(32)6-8-23(17)34)39-27(41)21-7-5-20(33)14-22(21)30(35,36)37/h4-8,10-12,14-15,24-25H,3,9,13H2,1-2H3,(H,38,42)(H,39,41). The summed E-state index contributed by atoms with van der Waals surface area (Å²) in [5, 5.41) is 5.11. The normalized spacial score (nSPS) is 16.0. The van der Waals surface area contributed by atoms with Gasteiger partial charge in [-0.3, -0.25) is 14.4 Å². The summed E-state index contributed by atoms with van der Waals surface area (Å²) in [5.41, 5.74) is -1.61. The number of hydrogen-bond acceptors (Lipinski definition) is 3. The van der Waals surface area contributed by atoms with E-state index in [0.717, 1.165) is 23.8 Å². The number of fused-ring (bicyclic) bond motifs is 1. The van der Waals surface area contributed by atoms with Gasteiger partial charge in [-0.05, 0) is 92.4 Å². The van der Waals surface area contributed by atoms with Crippen molar-refractivity contribution in [2.75, 3.05) is 4.90 Å². The molecule has 2 N–H and O–H groups in total. The summed E-state index contributed by atoms with van der Waals surface area (Å²) in [6, 6.07) is 5.51. The van der Waals surface area contributed by atoms with E-state index in [1.807, 2.05) is 0 Å². The lowest BCUT2D eigenvalue weighted by atomic mass is 10.0. The van der Waals surface area contributed by atoms with E-state index in [4.69, 9.17) is 11.6 Å². The summed E-state index contributed by atoms with van der Waals surface area (Å²) in [4.78, 5) is 41.7. The highest BCUT2D eigenvalue weighted by molar-refractivity contribution is 6.30. The minimum absolute atomic E-state index is 0.103. The Hall–Kier alpha value is -4.06. The number of amides is 3. The van der Waals surface area contributed by atoms with Gasteiger partial charge in [-0.15, -0.1) is 0 Å². The first-order chi connectivity index (χ1) is 20.1. The minimum Gasteiger partial charge on any atom is -0.342 e. The molecule has 0 fully saturated rings. The average molecular weight is 626 g/mol. The van der Waals surface area contributed by atoms with Crippen LogP contribution in [-0.2, 0) is 28.6 Å². The van der Waals surface area contributed by atoms with Crippen LogP contribution in [0.1, 0.15) is 47.3 Å². The first-order valence-corrected chi connectivity index (χ1v) is 13.6. The molecule has 0 bridgehead atoms. The van der Waals surface area contributed by atoms with Gasteiger partial charge in [-0.1, -0.05) is 11.6 Å². The molecule has 1 aliphatic heterocycles. The third kappa shape index (κ3) is 7.30. The van der Waals surface area contributed by atoms with Gasteiger partial charge in [0.05, 0.1) is 11.1 Å². The van der Waals surface area contributed by atoms with E-state index in [0.29, 0.717) is 29.3 Å². The molecule has 3 amide bonds. The zero-order valence-electron chi connectivity index (χ0n) is 22.9. The maximum Gasteiger partial charge on any atom is 0.417 e. The fourth-order valence-corrected chi connectivity index (χ4v) is 5.15. The van der Waals surface area contributed by atoms with E-state index in [1.54, 1.807) is 32.0 Å². The van der Waals surface area contributed by atoms with Crippen molar-refractivity contribution >= 4 is 35.0 Å². The molecular formula is C30H26ClF6N3O3. The van der Waals surface area contributed by atoms with Crippen LogP contribution in [0.15, 0.2) is 54.6 Å². The van der Waals surface area contributed by atoms with Crippen LogP contribution in [0, 0.1) is 17.5 Å². The minimum atomic E-state index is -5.12. The zero-order chi connectivity index (χ0) is 31.6. The number of carbonyl (C=O) groups is 3. The third-order valence-electron chi connectivity index (χ3n) is 6.96. The second kappa shape index (κ2) is 12.7. The number of nitrogens with one attached hydrogen (secondary N) is 2. The predicted octanol–water partition coefficient (Wildman–Crippen LogP) is 5.99. The Morgan fingerprint density at radius 2 is 1.67 bits per heavy atom. The first kappa shape index (κ1) is 31.9. The Morgan fingerprint density at radius 3 is 2.35 bits per heavy atom. The van der Waals surface area contributed by atoms with Crippen LogP contribution in [0.4, 0.5) is 32.0 Å². The van der Waals surface area contributed by atoms with E-state index in [2.05, 4.69) is 10.6 Å². The Balaban J connectivity index is 1.66. The van der Waals surface area contributed by atoms with E-state index in [1.165, 1.54) is 4.90 Å². The molecule has 2 atom stereocenters. The summed E-state index contributed by atoms with van der Waals surface area (Å²) in [6.07, 6.45) is -5.37. The van der Waals surface area contributed by atoms with Crippen LogP contribution in [0.3, 0.4) is 0 Å². The van der Waals surface area contributed by atoms with Crippen LogP contribution < -0.4 is 15.5 Å². The third-order valence-corrected chi connectivity index (χ3v) is 7.19. The number of benzene rings is 3. The highest BCUT2D eigenvalue weighted by Crippen LogP contribution is 2.33. The molecule has 0 aliphatic carbocycles. The van der Waals surface area contributed by atoms with E-state index in [-0.39, 0.29) is 24.1 Å². The summed E-state index contributed by atoms with van der Waals surface area (Å²) in [6.45, 7) is 3.52. The average Bonchev–Trinajstić information content (AvgIpc) is 3.05. The van der Waals surface area contributed by atoms with Crippen molar-refractivity contribution in [3.8, 4) is 0 Å². The number of halogens is 7. The van der Waals surface area contributed by atoms with Gasteiger partial charge in [0.1, 0.15) is 29.5 Å². The molecule has 0 aromatic heterocycles. The van der Waals surface area contributed by atoms with Gasteiger partial charge in [0.15, 0.2) is 0 Å². The summed E-state index contributed by atoms with van der Waals surface area (Å²) >= 11 is 6.14. The van der Waals surface area contributed by atoms with Crippen LogP contribution in [0.25, 0.3) is 0 Å². The molecule has 0 saturated heterocycles. The second-order valence-electron chi connectivity index (χ2n) is 10.3. The summed E-state index contributed by atoms with van der Waals surface area (Å²) in [7, 11) is 0. The molecule has 0 saturated carbocycles. The SMILES string of the molecule is CC(C)N1C(=O)C(NC(=O)C(Cc2cc(F)ccc2F)NC(=O)c2ccc(F)cc2C(F)(F)F)CCc2cc(Cl)ccc21. The molecule has 1 heterocycles. The Labute approximate surface area is 248 Å². The van der Waals surface area contributed by atoms with Crippen molar-refractivity contribution < 1.29 is 40.7 Å². The molecule has 43 heavy (non-hydrogen) atoms. The molecule has 0 radical (unpaired) electrons. The van der Waals surface area contributed by atoms with Gasteiger partial charge in [0.25, 0.3) is 5.91 Å². The van der Waals surface area contributed by atoms with E-state index in [9.17, 15) is 40.7 Å². The second-order valence-corrected chi connectivity index (χ2v) is 10.8. The van der Waals surface area contributed by atoms with Crippen molar-refractivity contribution in [2.24, 2.45) is 0 Å². The van der Waals surface area contributed by atoms with Crippen molar-refractivity contribution in [3.05, 3.63) is 99.3 Å². The van der Waals surface area contributed by atoms with Crippen LogP contribution >= 0.6 is 11.6 Å². The van der Waals surface area contributed by atoms with Crippen LogP contribution in [-0.4, -0.2) is 35.8 Å². The number of aryl methyl sites for hydroxylation is 1. The molecule has 13 heteroatoms. The Bertz CT molecular complexity index is 1560. The smallest absolute Gasteiger partial charge is 0.342 e. The van der Waals surface area contributed by atoms with Gasteiger partial charge in [-0.25, -0.2) is 13.2 Å². The van der Waals surface area contributed by atoms with Gasteiger partial charge in [0.2, 0.25) is 11.8 Å². The molecule has 6 nitrogen and oxygen atoms in total. The molecular weight excluding hydrogens is 600 g/mol. The first-order valence-electron chi connectivity index (χ1n) is 13.2. The van der Waals surface area contributed by atoms with Crippen molar-refractivity contribution in [1.82, 2.24) is 10.6 Å². The van der Waals surface area contributed by atoms with Gasteiger partial charge in [0, 0.05) is 23.2 Å². The van der Waals surface area contributed by atoms with Crippen LogP contribution in [0.5, 0.6) is 0 Å². The van der Waals surface area contributed by atoms with Gasteiger partial charge in [-0.2, -0.15) is 13.2 Å². The molecule has 3 aromatic carbocycles. The quantitative estimate of drug-likeness (QED) is 0.317. The van der Waals surface area contributed by atoms with E-state index >= 15 is 0 Å². The van der Waals surface area contributed by atoms with Gasteiger partial charge < -0.3 is 15.5 Å². The monoisotopic (exact) mass is 625 g/mol. The molecule has 228 valence electrons. The van der Waals surface area contributed by atoms with E-state index < -0.39 is 71.0 Å². The largest absolute Gasteiger partial charge is 0.417 e. The zero-order valence-corrected chi connectivity index (χ0v) is 23.6. The molecule has 1 aliphatic rings. The molecule has 0 spiro atoms. The Kier molecular flexibility index (Phi) is 9.38. The number of nitrogens with zero attached hydrogens (tertiary/aromatic N) is 1. The number of carbonyl (C=O) groups excluding carboxylic acids is 3. The maximum atomic E-state index is 14.5.